The summed E-state index contributed by atoms with van der Waals surface area (Å²) in [6.45, 7) is 15.4. The fourth-order valence-electron chi connectivity index (χ4n) is 5.43. The Morgan fingerprint density at radius 3 is 2.13 bits per heavy atom. The van der Waals surface area contributed by atoms with Crippen molar-refractivity contribution in [1.29, 1.82) is 0 Å². The highest BCUT2D eigenvalue weighted by atomic mass is 28.4. The van der Waals surface area contributed by atoms with E-state index in [2.05, 4.69) is 54.9 Å². The first-order valence-corrected chi connectivity index (χ1v) is 14.7. The maximum Gasteiger partial charge on any atom is 0.330 e. The predicted molar refractivity (Wildman–Crippen MR) is 149 cm³/mol. The van der Waals surface area contributed by atoms with Gasteiger partial charge in [-0.05, 0) is 15.4 Å². The molecular formula is C29H33N3O6Si. The molecule has 3 aromatic rings. The Balaban J connectivity index is 1.77. The van der Waals surface area contributed by atoms with Crippen LogP contribution in [0.5, 0.6) is 0 Å². The molecule has 0 aliphatic carbocycles. The Morgan fingerprint density at radius 2 is 1.64 bits per heavy atom. The van der Waals surface area contributed by atoms with Crippen molar-refractivity contribution in [1.82, 2.24) is 9.55 Å². The van der Waals surface area contributed by atoms with Crippen molar-refractivity contribution >= 4 is 24.7 Å². The van der Waals surface area contributed by atoms with E-state index in [1.165, 1.54) is 23.8 Å². The van der Waals surface area contributed by atoms with E-state index < -0.39 is 49.9 Å². The zero-order chi connectivity index (χ0) is 28.2. The molecule has 10 heteroatoms. The van der Waals surface area contributed by atoms with Gasteiger partial charge in [0.2, 0.25) is 6.54 Å². The van der Waals surface area contributed by atoms with Crippen molar-refractivity contribution in [2.24, 2.45) is 5.92 Å². The van der Waals surface area contributed by atoms with Gasteiger partial charge in [0.1, 0.15) is 5.92 Å². The van der Waals surface area contributed by atoms with Crippen molar-refractivity contribution in [2.45, 2.75) is 51.2 Å². The molecule has 0 radical (unpaired) electrons. The van der Waals surface area contributed by atoms with Crippen LogP contribution in [0.3, 0.4) is 0 Å². The number of hydrogen-bond donors (Lipinski definition) is 1. The molecule has 1 N–H and O–H groups in total. The molecule has 204 valence electrons. The number of aromatic nitrogens is 2. The van der Waals surface area contributed by atoms with Gasteiger partial charge in [-0.25, -0.2) is 11.4 Å². The fourth-order valence-corrected chi connectivity index (χ4v) is 10.00. The van der Waals surface area contributed by atoms with Gasteiger partial charge in [-0.15, -0.1) is 0 Å². The van der Waals surface area contributed by atoms with Crippen molar-refractivity contribution in [2.75, 3.05) is 13.2 Å². The van der Waals surface area contributed by atoms with E-state index >= 15 is 0 Å². The van der Waals surface area contributed by atoms with Crippen molar-refractivity contribution < 1.29 is 18.7 Å². The molecule has 4 atom stereocenters. The monoisotopic (exact) mass is 547 g/mol. The normalized spacial score (nSPS) is 21.3. The summed E-state index contributed by atoms with van der Waals surface area (Å²) in [5.41, 5.74) is -1.25. The number of carbonyl (C=O) groups excluding carboxylic acids is 1. The first-order valence-electron chi connectivity index (χ1n) is 12.8. The number of ether oxygens (including phenoxy) is 2. The summed E-state index contributed by atoms with van der Waals surface area (Å²) in [5, 5.41) is 1.90. The van der Waals surface area contributed by atoms with E-state index in [0.29, 0.717) is 0 Å². The highest BCUT2D eigenvalue weighted by Gasteiger charge is 2.54. The largest absolute Gasteiger partial charge is 0.457 e. The quantitative estimate of drug-likeness (QED) is 0.264. The van der Waals surface area contributed by atoms with Crippen molar-refractivity contribution in [3.05, 3.63) is 105 Å². The van der Waals surface area contributed by atoms with Gasteiger partial charge >= 0.3 is 11.7 Å². The van der Waals surface area contributed by atoms with Crippen LogP contribution < -0.4 is 21.6 Å². The third-order valence-corrected chi connectivity index (χ3v) is 12.1. The van der Waals surface area contributed by atoms with Gasteiger partial charge in [0, 0.05) is 19.2 Å². The zero-order valence-electron chi connectivity index (χ0n) is 22.5. The Kier molecular flexibility index (Phi) is 8.35. The fraction of sp³-hybridized carbons (Fsp3) is 0.379. The number of rotatable bonds is 8. The lowest BCUT2D eigenvalue weighted by molar-refractivity contribution is -0.153. The number of nitrogens with zero attached hydrogens (tertiary/aromatic N) is 2. The van der Waals surface area contributed by atoms with Crippen molar-refractivity contribution in [3.8, 4) is 0 Å². The molecule has 39 heavy (non-hydrogen) atoms. The second kappa shape index (κ2) is 11.5. The molecule has 0 saturated carbocycles. The van der Waals surface area contributed by atoms with Crippen LogP contribution in [0, 0.1) is 12.5 Å². The molecule has 1 aliphatic heterocycles. The SMILES string of the molecule is [C-]#[N+]C[C@H]1[C@@H](OC(C)=O)[C@H](n2ccc(=O)[nH]c2=O)O[C@@H]1CO[Si](c1ccccc1)(c1ccccc1)C(C)(C)C. The van der Waals surface area contributed by atoms with Crippen LogP contribution in [0.4, 0.5) is 0 Å². The smallest absolute Gasteiger partial charge is 0.330 e. The third kappa shape index (κ3) is 5.66. The molecule has 0 unspecified atom stereocenters. The van der Waals surface area contributed by atoms with Crippen LogP contribution in [-0.4, -0.2) is 49.2 Å². The van der Waals surface area contributed by atoms with Gasteiger partial charge in [0.05, 0.1) is 12.7 Å². The Morgan fingerprint density at radius 1 is 1.05 bits per heavy atom. The Bertz CT molecular complexity index is 1400. The van der Waals surface area contributed by atoms with E-state index in [-0.39, 0.29) is 18.2 Å². The molecule has 1 aliphatic rings. The summed E-state index contributed by atoms with van der Waals surface area (Å²) in [7, 11) is -2.92. The Labute approximate surface area is 228 Å². The standard InChI is InChI=1S/C29H33N3O6Si/c1-20(33)37-26-23(18-30-5)24(38-27(26)32-17-16-25(34)31-28(32)35)19-36-39(29(2,3)4,21-12-8-6-9-13-21)22-14-10-7-11-15-22/h6-17,23-24,26-27H,18-19H2,1-4H3,(H,31,34,35)/t23-,24-,26-,27-/m1/s1. The summed E-state index contributed by atoms with van der Waals surface area (Å²) < 4.78 is 20.2. The minimum absolute atomic E-state index is 0.00131. The van der Waals surface area contributed by atoms with Gasteiger partial charge in [0.15, 0.2) is 12.3 Å². The molecule has 0 spiro atoms. The molecule has 2 heterocycles. The van der Waals surface area contributed by atoms with Gasteiger partial charge in [-0.1, -0.05) is 81.4 Å². The summed E-state index contributed by atoms with van der Waals surface area (Å²) in [5.74, 6) is -1.12. The average Bonchev–Trinajstić information content (AvgIpc) is 3.21. The number of aromatic amines is 1. The first kappa shape index (κ1) is 28.2. The summed E-state index contributed by atoms with van der Waals surface area (Å²) in [4.78, 5) is 42.2. The van der Waals surface area contributed by atoms with Crippen LogP contribution >= 0.6 is 0 Å². The van der Waals surface area contributed by atoms with Gasteiger partial charge < -0.3 is 18.7 Å². The molecule has 0 amide bonds. The number of hydrogen-bond acceptors (Lipinski definition) is 6. The van der Waals surface area contributed by atoms with E-state index in [1.54, 1.807) is 0 Å². The van der Waals surface area contributed by atoms with Gasteiger partial charge in [0.25, 0.3) is 13.9 Å². The number of esters is 1. The van der Waals surface area contributed by atoms with E-state index in [0.717, 1.165) is 10.4 Å². The number of carbonyl (C=O) groups is 1. The summed E-state index contributed by atoms with van der Waals surface area (Å²) in [6, 6.07) is 21.5. The highest BCUT2D eigenvalue weighted by molar-refractivity contribution is 6.99. The second-order valence-electron chi connectivity index (χ2n) is 10.6. The Hall–Kier alpha value is -3.78. The average molecular weight is 548 g/mol. The van der Waals surface area contributed by atoms with E-state index in [4.69, 9.17) is 20.5 Å². The highest BCUT2D eigenvalue weighted by Crippen LogP contribution is 2.40. The lowest BCUT2D eigenvalue weighted by atomic mass is 9.98. The summed E-state index contributed by atoms with van der Waals surface area (Å²) >= 11 is 0. The van der Waals surface area contributed by atoms with Crippen LogP contribution in [-0.2, 0) is 18.7 Å². The minimum Gasteiger partial charge on any atom is -0.457 e. The van der Waals surface area contributed by atoms with Gasteiger partial charge in [-0.2, -0.15) is 0 Å². The topological polar surface area (TPSA) is 104 Å². The predicted octanol–water partition coefficient (Wildman–Crippen LogP) is 2.48. The maximum atomic E-state index is 12.7. The lowest BCUT2D eigenvalue weighted by Gasteiger charge is -2.43. The van der Waals surface area contributed by atoms with Crippen molar-refractivity contribution in [3.63, 3.8) is 0 Å². The van der Waals surface area contributed by atoms with Crippen LogP contribution in [0.15, 0.2) is 82.5 Å². The van der Waals surface area contributed by atoms with E-state index in [1.807, 2.05) is 36.4 Å². The number of benzene rings is 2. The third-order valence-electron chi connectivity index (χ3n) is 7.11. The van der Waals surface area contributed by atoms with E-state index in [9.17, 15) is 14.4 Å². The molecule has 1 aromatic heterocycles. The van der Waals surface area contributed by atoms with Crippen LogP contribution in [0.1, 0.15) is 33.9 Å². The molecule has 4 rings (SSSR count). The second-order valence-corrected chi connectivity index (χ2v) is 14.9. The van der Waals surface area contributed by atoms with Crippen LogP contribution in [0.2, 0.25) is 5.04 Å². The summed E-state index contributed by atoms with van der Waals surface area (Å²) in [6.07, 6.45) is -1.30. The molecular weight excluding hydrogens is 514 g/mol. The van der Waals surface area contributed by atoms with Crippen LogP contribution in [0.25, 0.3) is 4.85 Å². The molecule has 9 nitrogen and oxygen atoms in total. The molecule has 1 saturated heterocycles. The lowest BCUT2D eigenvalue weighted by Crippen LogP contribution is -2.67. The number of nitrogens with one attached hydrogen (secondary N) is 1. The zero-order valence-corrected chi connectivity index (χ0v) is 23.5. The molecule has 1 fully saturated rings. The maximum absolute atomic E-state index is 12.7. The first-order chi connectivity index (χ1) is 18.6. The number of H-pyrrole nitrogens is 1. The minimum atomic E-state index is -2.92. The van der Waals surface area contributed by atoms with Gasteiger partial charge in [-0.3, -0.25) is 19.1 Å². The molecule has 0 bridgehead atoms. The molecule has 2 aromatic carbocycles.